The van der Waals surface area contributed by atoms with E-state index in [9.17, 15) is 19.8 Å². The third-order valence-corrected chi connectivity index (χ3v) is 2.85. The van der Waals surface area contributed by atoms with Gasteiger partial charge in [-0.15, -0.1) is 0 Å². The van der Waals surface area contributed by atoms with Crippen LogP contribution in [0, 0.1) is 0 Å². The molecule has 0 saturated heterocycles. The van der Waals surface area contributed by atoms with Gasteiger partial charge in [0.25, 0.3) is 5.56 Å². The maximum absolute atomic E-state index is 12.3. The molecule has 0 bridgehead atoms. The number of hydrogen-bond acceptors (Lipinski definition) is 5. The van der Waals surface area contributed by atoms with Gasteiger partial charge in [0.05, 0.1) is 5.56 Å². The summed E-state index contributed by atoms with van der Waals surface area (Å²) in [7, 11) is 0. The quantitative estimate of drug-likeness (QED) is 0.767. The summed E-state index contributed by atoms with van der Waals surface area (Å²) in [5.74, 6) is 0.138. The fourth-order valence-corrected chi connectivity index (χ4v) is 1.83. The largest absolute Gasteiger partial charge is 0.364 e. The minimum absolute atomic E-state index is 0.138. The number of aromatic nitrogens is 3. The molecule has 0 amide bonds. The smallest absolute Gasteiger partial charge is 0.337 e. The Morgan fingerprint density at radius 2 is 1.90 bits per heavy atom. The van der Waals surface area contributed by atoms with Crippen molar-refractivity contribution in [3.05, 3.63) is 57.0 Å². The Morgan fingerprint density at radius 1 is 1.20 bits per heavy atom. The van der Waals surface area contributed by atoms with Crippen molar-refractivity contribution in [3.63, 3.8) is 0 Å². The average Bonchev–Trinajstić information content (AvgIpc) is 2.39. The van der Waals surface area contributed by atoms with Crippen LogP contribution in [0.25, 0.3) is 5.82 Å². The summed E-state index contributed by atoms with van der Waals surface area (Å²) in [5, 5.41) is 18.6. The lowest BCUT2D eigenvalue weighted by Crippen LogP contribution is -2.41. The van der Waals surface area contributed by atoms with Crippen LogP contribution < -0.4 is 11.2 Å². The molecule has 106 valence electrons. The normalized spacial score (nSPS) is 11.3. The van der Waals surface area contributed by atoms with Crippen molar-refractivity contribution in [2.24, 2.45) is 0 Å². The molecule has 0 aliphatic rings. The van der Waals surface area contributed by atoms with Crippen molar-refractivity contribution in [2.45, 2.75) is 26.2 Å². The minimum atomic E-state index is -1.96. The van der Waals surface area contributed by atoms with Gasteiger partial charge in [0, 0.05) is 18.4 Å². The Bertz CT molecular complexity index is 676. The van der Waals surface area contributed by atoms with Gasteiger partial charge in [0.1, 0.15) is 5.82 Å². The molecule has 0 aromatic carbocycles. The first-order valence-electron chi connectivity index (χ1n) is 6.09. The molecule has 2 rings (SSSR count). The number of hydrogen-bond donors (Lipinski definition) is 2. The zero-order valence-corrected chi connectivity index (χ0v) is 11.1. The Hall–Kier alpha value is -2.25. The third kappa shape index (κ3) is 2.40. The molecule has 7 heteroatoms. The van der Waals surface area contributed by atoms with Gasteiger partial charge in [-0.2, -0.15) is 0 Å². The standard InChI is InChI=1S/C13H15N3O4/c1-8(2)15-7-9(12(18)19)11(17)16(13(15)20)10-5-3-4-6-14-10/h3-8,12,18-19H,1-2H3. The van der Waals surface area contributed by atoms with Gasteiger partial charge in [-0.05, 0) is 26.0 Å². The zero-order valence-electron chi connectivity index (χ0n) is 11.1. The Kier molecular flexibility index (Phi) is 3.82. The molecular formula is C13H15N3O4. The Labute approximate surface area is 114 Å². The third-order valence-electron chi connectivity index (χ3n) is 2.85. The predicted molar refractivity (Wildman–Crippen MR) is 71.7 cm³/mol. The van der Waals surface area contributed by atoms with Crippen LogP contribution in [0.2, 0.25) is 0 Å². The number of aliphatic hydroxyl groups excluding tert-OH is 1. The van der Waals surface area contributed by atoms with E-state index in [1.54, 1.807) is 26.0 Å². The molecule has 2 aromatic heterocycles. The van der Waals surface area contributed by atoms with E-state index in [4.69, 9.17) is 0 Å². The monoisotopic (exact) mass is 277 g/mol. The van der Waals surface area contributed by atoms with Crippen LogP contribution in [-0.4, -0.2) is 24.3 Å². The molecule has 2 N–H and O–H groups in total. The fraction of sp³-hybridized carbons (Fsp3) is 0.308. The number of rotatable bonds is 3. The van der Waals surface area contributed by atoms with E-state index in [2.05, 4.69) is 4.98 Å². The second kappa shape index (κ2) is 5.40. The maximum Gasteiger partial charge on any atom is 0.337 e. The SMILES string of the molecule is CC(C)n1cc(C(O)O)c(=O)n(-c2ccccn2)c1=O. The summed E-state index contributed by atoms with van der Waals surface area (Å²) in [6, 6.07) is 4.55. The molecule has 0 aliphatic heterocycles. The Balaban J connectivity index is 2.86. The molecule has 0 atom stereocenters. The number of aliphatic hydroxyl groups is 2. The van der Waals surface area contributed by atoms with Gasteiger partial charge in [0.15, 0.2) is 6.29 Å². The van der Waals surface area contributed by atoms with Crippen LogP contribution in [0.4, 0.5) is 0 Å². The van der Waals surface area contributed by atoms with Crippen LogP contribution in [0.15, 0.2) is 40.2 Å². The molecule has 0 radical (unpaired) electrons. The van der Waals surface area contributed by atoms with E-state index in [1.807, 2.05) is 0 Å². The van der Waals surface area contributed by atoms with Gasteiger partial charge in [0.2, 0.25) is 0 Å². The second-order valence-electron chi connectivity index (χ2n) is 4.57. The summed E-state index contributed by atoms with van der Waals surface area (Å²) in [5.41, 5.74) is -1.64. The second-order valence-corrected chi connectivity index (χ2v) is 4.57. The predicted octanol–water partition coefficient (Wildman–Crippen LogP) is -0.0417. The van der Waals surface area contributed by atoms with E-state index in [1.165, 1.54) is 23.0 Å². The summed E-state index contributed by atoms with van der Waals surface area (Å²) in [6.07, 6.45) is 0.658. The molecule has 7 nitrogen and oxygen atoms in total. The lowest BCUT2D eigenvalue weighted by molar-refractivity contribution is -0.0443. The molecule has 0 unspecified atom stereocenters. The van der Waals surface area contributed by atoms with Crippen molar-refractivity contribution in [2.75, 3.05) is 0 Å². The molecule has 2 heterocycles. The molecule has 0 fully saturated rings. The van der Waals surface area contributed by atoms with Crippen LogP contribution in [0.5, 0.6) is 0 Å². The molecule has 2 aromatic rings. The average molecular weight is 277 g/mol. The van der Waals surface area contributed by atoms with E-state index in [0.29, 0.717) is 0 Å². The fourth-order valence-electron chi connectivity index (χ4n) is 1.83. The van der Waals surface area contributed by atoms with E-state index < -0.39 is 17.5 Å². The van der Waals surface area contributed by atoms with Crippen molar-refractivity contribution in [3.8, 4) is 5.82 Å². The summed E-state index contributed by atoms with van der Waals surface area (Å²) < 4.78 is 2.08. The van der Waals surface area contributed by atoms with Crippen molar-refractivity contribution in [1.29, 1.82) is 0 Å². The van der Waals surface area contributed by atoms with Gasteiger partial charge < -0.3 is 10.2 Å². The highest BCUT2D eigenvalue weighted by Gasteiger charge is 2.18. The first kappa shape index (κ1) is 14.2. The van der Waals surface area contributed by atoms with Crippen LogP contribution in [-0.2, 0) is 0 Å². The first-order valence-corrected chi connectivity index (χ1v) is 6.09. The summed E-state index contributed by atoms with van der Waals surface area (Å²) >= 11 is 0. The van der Waals surface area contributed by atoms with Crippen LogP contribution >= 0.6 is 0 Å². The molecule has 20 heavy (non-hydrogen) atoms. The highest BCUT2D eigenvalue weighted by atomic mass is 16.5. The van der Waals surface area contributed by atoms with Gasteiger partial charge in [-0.1, -0.05) is 6.07 Å². The summed E-state index contributed by atoms with van der Waals surface area (Å²) in [4.78, 5) is 28.5. The van der Waals surface area contributed by atoms with E-state index >= 15 is 0 Å². The molecule has 0 aliphatic carbocycles. The van der Waals surface area contributed by atoms with Crippen LogP contribution in [0.1, 0.15) is 31.7 Å². The Morgan fingerprint density at radius 3 is 2.40 bits per heavy atom. The van der Waals surface area contributed by atoms with Gasteiger partial charge in [-0.3, -0.25) is 9.36 Å². The number of nitrogens with zero attached hydrogens (tertiary/aromatic N) is 3. The summed E-state index contributed by atoms with van der Waals surface area (Å²) in [6.45, 7) is 3.50. The van der Waals surface area contributed by atoms with E-state index in [0.717, 1.165) is 4.57 Å². The van der Waals surface area contributed by atoms with Gasteiger partial charge >= 0.3 is 5.69 Å². The van der Waals surface area contributed by atoms with E-state index in [-0.39, 0.29) is 17.4 Å². The highest BCUT2D eigenvalue weighted by molar-refractivity contribution is 5.23. The lowest BCUT2D eigenvalue weighted by atomic mass is 10.3. The zero-order chi connectivity index (χ0) is 14.9. The van der Waals surface area contributed by atoms with Crippen LogP contribution in [0.3, 0.4) is 0 Å². The lowest BCUT2D eigenvalue weighted by Gasteiger charge is -2.15. The van der Waals surface area contributed by atoms with Crippen molar-refractivity contribution < 1.29 is 10.2 Å². The molecular weight excluding hydrogens is 262 g/mol. The first-order chi connectivity index (χ1) is 9.43. The van der Waals surface area contributed by atoms with Crippen molar-refractivity contribution in [1.82, 2.24) is 14.1 Å². The van der Waals surface area contributed by atoms with Gasteiger partial charge in [-0.25, -0.2) is 14.3 Å². The maximum atomic E-state index is 12.3. The number of pyridine rings is 1. The molecule has 0 saturated carbocycles. The molecule has 0 spiro atoms. The van der Waals surface area contributed by atoms with Crippen molar-refractivity contribution >= 4 is 0 Å². The minimum Gasteiger partial charge on any atom is -0.364 e. The topological polar surface area (TPSA) is 97.3 Å². The highest BCUT2D eigenvalue weighted by Crippen LogP contribution is 2.07.